The van der Waals surface area contributed by atoms with Gasteiger partial charge < -0.3 is 15.3 Å². The van der Waals surface area contributed by atoms with Gasteiger partial charge in [-0.2, -0.15) is 0 Å². The zero-order valence-corrected chi connectivity index (χ0v) is 22.0. The number of unbranched alkanes of at least 4 members (excludes halogenated alkanes) is 15. The summed E-state index contributed by atoms with van der Waals surface area (Å²) in [5, 5.41) is 26.9. The predicted octanol–water partition coefficient (Wildman–Crippen LogP) is 4.22. The quantitative estimate of drug-likeness (QED) is 0.134. The van der Waals surface area contributed by atoms with Gasteiger partial charge in [-0.1, -0.05) is 103 Å². The zero-order chi connectivity index (χ0) is 18.1. The standard InChI is InChI=1S/C20H40O4.Bi.3H/c1-2-3-4-5-6-7-8-9-10-11-12-13-14-15-16-17-18-20(23,24)19(21)22;;;;/h23-24H,2-18H2,1H3,(H,21,22);;;;. The second kappa shape index (κ2) is 19.0. The average molecular weight is 557 g/mol. The zero-order valence-electron chi connectivity index (χ0n) is 16.5. The minimum absolute atomic E-state index is 0. The summed E-state index contributed by atoms with van der Waals surface area (Å²) < 4.78 is 0. The molecule has 0 saturated heterocycles. The van der Waals surface area contributed by atoms with Gasteiger partial charge in [-0.15, -0.1) is 0 Å². The van der Waals surface area contributed by atoms with Gasteiger partial charge in [0.25, 0.3) is 5.79 Å². The van der Waals surface area contributed by atoms with Crippen LogP contribution in [0.5, 0.6) is 0 Å². The van der Waals surface area contributed by atoms with Crippen LogP contribution in [-0.2, 0) is 4.79 Å². The Labute approximate surface area is 173 Å². The topological polar surface area (TPSA) is 77.8 Å². The molecule has 0 atom stereocenters. The van der Waals surface area contributed by atoms with E-state index in [2.05, 4.69) is 6.92 Å². The Morgan fingerprint density at radius 2 is 0.920 bits per heavy atom. The molecule has 25 heavy (non-hydrogen) atoms. The summed E-state index contributed by atoms with van der Waals surface area (Å²) in [6.45, 7) is 2.26. The molecule has 3 N–H and O–H groups in total. The Morgan fingerprint density at radius 1 is 0.640 bits per heavy atom. The van der Waals surface area contributed by atoms with Crippen molar-refractivity contribution in [2.45, 2.75) is 122 Å². The van der Waals surface area contributed by atoms with Crippen molar-refractivity contribution in [2.24, 2.45) is 0 Å². The number of carboxylic acid groups (broad SMARTS) is 1. The van der Waals surface area contributed by atoms with Crippen molar-refractivity contribution in [1.29, 1.82) is 0 Å². The Balaban J connectivity index is 0. The molecule has 0 rings (SSSR count). The van der Waals surface area contributed by atoms with Gasteiger partial charge in [-0.3, -0.25) is 0 Å². The Bertz CT molecular complexity index is 295. The minimum atomic E-state index is -2.55. The van der Waals surface area contributed by atoms with Crippen molar-refractivity contribution in [3.05, 3.63) is 0 Å². The number of aliphatic hydroxyl groups is 2. The normalized spacial score (nSPS) is 11.3. The van der Waals surface area contributed by atoms with Crippen molar-refractivity contribution in [1.82, 2.24) is 0 Å². The van der Waals surface area contributed by atoms with E-state index in [0.29, 0.717) is 6.42 Å². The summed E-state index contributed by atoms with van der Waals surface area (Å²) in [7, 11) is 0. The molecular weight excluding hydrogens is 513 g/mol. The first-order valence-corrected chi connectivity index (χ1v) is 10.2. The number of carboxylic acids is 1. The summed E-state index contributed by atoms with van der Waals surface area (Å²) in [4.78, 5) is 10.5. The van der Waals surface area contributed by atoms with E-state index in [1.54, 1.807) is 0 Å². The number of carbonyl (C=O) groups is 1. The van der Waals surface area contributed by atoms with E-state index in [4.69, 9.17) is 15.3 Å². The second-order valence-corrected chi connectivity index (χ2v) is 7.18. The van der Waals surface area contributed by atoms with Gasteiger partial charge in [0.1, 0.15) is 0 Å². The molecule has 0 amide bonds. The molecule has 0 aromatic rings. The van der Waals surface area contributed by atoms with Crippen molar-refractivity contribution in [3.8, 4) is 0 Å². The molecule has 152 valence electrons. The van der Waals surface area contributed by atoms with Gasteiger partial charge in [-0.25, -0.2) is 4.79 Å². The number of hydrogen-bond acceptors (Lipinski definition) is 3. The van der Waals surface area contributed by atoms with Crippen molar-refractivity contribution >= 4 is 32.2 Å². The van der Waals surface area contributed by atoms with Crippen LogP contribution in [0, 0.1) is 0 Å². The Kier molecular flexibility index (Phi) is 20.9. The van der Waals surface area contributed by atoms with E-state index in [-0.39, 0.29) is 32.6 Å². The van der Waals surface area contributed by atoms with Crippen molar-refractivity contribution in [3.63, 3.8) is 0 Å². The first-order chi connectivity index (χ1) is 11.5. The van der Waals surface area contributed by atoms with Crippen LogP contribution in [0.2, 0.25) is 0 Å². The van der Waals surface area contributed by atoms with Crippen molar-refractivity contribution < 1.29 is 20.1 Å². The molecule has 0 saturated carbocycles. The third-order valence-corrected chi connectivity index (χ3v) is 4.72. The van der Waals surface area contributed by atoms with Gasteiger partial charge in [0.05, 0.1) is 0 Å². The van der Waals surface area contributed by atoms with Crippen LogP contribution in [0.15, 0.2) is 0 Å². The second-order valence-electron chi connectivity index (χ2n) is 7.18. The maximum atomic E-state index is 10.5. The number of rotatable bonds is 18. The van der Waals surface area contributed by atoms with Gasteiger partial charge in [0, 0.05) is 6.42 Å². The van der Waals surface area contributed by atoms with Gasteiger partial charge >= 0.3 is 32.2 Å². The summed E-state index contributed by atoms with van der Waals surface area (Å²) in [6, 6.07) is 0. The summed E-state index contributed by atoms with van der Waals surface area (Å²) in [5.74, 6) is -4.10. The monoisotopic (exact) mass is 556 g/mol. The summed E-state index contributed by atoms with van der Waals surface area (Å²) in [6.07, 6.45) is 19.9. The van der Waals surface area contributed by atoms with Crippen LogP contribution >= 0.6 is 0 Å². The third kappa shape index (κ3) is 18.9. The van der Waals surface area contributed by atoms with E-state index in [1.165, 1.54) is 77.0 Å². The van der Waals surface area contributed by atoms with E-state index < -0.39 is 11.8 Å². The molecule has 0 aromatic carbocycles. The molecule has 0 aliphatic rings. The summed E-state index contributed by atoms with van der Waals surface area (Å²) >= 11 is 0. The molecule has 0 radical (unpaired) electrons. The first-order valence-electron chi connectivity index (χ1n) is 10.2. The van der Waals surface area contributed by atoms with E-state index in [0.717, 1.165) is 19.3 Å². The molecule has 4 nitrogen and oxygen atoms in total. The average Bonchev–Trinajstić information content (AvgIpc) is 2.54. The van der Waals surface area contributed by atoms with Gasteiger partial charge in [0.2, 0.25) is 0 Å². The van der Waals surface area contributed by atoms with Crippen LogP contribution in [0.4, 0.5) is 0 Å². The van der Waals surface area contributed by atoms with Gasteiger partial charge in [-0.05, 0) is 6.42 Å². The maximum absolute atomic E-state index is 10.5. The van der Waals surface area contributed by atoms with Crippen LogP contribution in [0.3, 0.4) is 0 Å². The van der Waals surface area contributed by atoms with Crippen LogP contribution in [-0.4, -0.2) is 53.3 Å². The Hall–Kier alpha value is 0.273. The molecule has 0 unspecified atom stereocenters. The first kappa shape index (κ1) is 27.5. The molecule has 0 bridgehead atoms. The Morgan fingerprint density at radius 3 is 1.20 bits per heavy atom. The molecule has 5 heteroatoms. The molecule has 0 heterocycles. The van der Waals surface area contributed by atoms with Gasteiger partial charge in [0.15, 0.2) is 0 Å². The molecule has 0 aromatic heterocycles. The van der Waals surface area contributed by atoms with Crippen LogP contribution in [0.25, 0.3) is 0 Å². The van der Waals surface area contributed by atoms with Crippen LogP contribution in [0.1, 0.15) is 116 Å². The van der Waals surface area contributed by atoms with E-state index in [9.17, 15) is 4.79 Å². The van der Waals surface area contributed by atoms with E-state index >= 15 is 0 Å². The van der Waals surface area contributed by atoms with Crippen LogP contribution < -0.4 is 0 Å². The fourth-order valence-electron chi connectivity index (χ4n) is 3.03. The molecular formula is C20H43BiO4. The number of aliphatic carboxylic acids is 1. The molecule has 0 spiro atoms. The summed E-state index contributed by atoms with van der Waals surface area (Å²) in [5.41, 5.74) is 0. The molecule has 0 aliphatic carbocycles. The number of hydrogen-bond donors (Lipinski definition) is 3. The predicted molar refractivity (Wildman–Crippen MR) is 109 cm³/mol. The third-order valence-electron chi connectivity index (χ3n) is 4.72. The fraction of sp³-hybridized carbons (Fsp3) is 0.950. The fourth-order valence-corrected chi connectivity index (χ4v) is 3.03. The van der Waals surface area contributed by atoms with E-state index in [1.807, 2.05) is 0 Å². The SMILES string of the molecule is CCCCCCCCCCCCCCCCCCC(O)(O)C(=O)O.[BiH3]. The molecule has 0 aliphatic heterocycles. The van der Waals surface area contributed by atoms with Crippen molar-refractivity contribution in [2.75, 3.05) is 0 Å². The molecule has 0 fully saturated rings.